The fraction of sp³-hybridized carbons (Fsp3) is 0.429. The number of ether oxygens (including phenoxy) is 1. The van der Waals surface area contributed by atoms with Crippen LogP contribution in [0.15, 0.2) is 29.3 Å². The number of benzene rings is 1. The Bertz CT molecular complexity index is 568. The van der Waals surface area contributed by atoms with Crippen molar-refractivity contribution in [1.82, 2.24) is 5.32 Å². The first-order valence-corrected chi connectivity index (χ1v) is 7.01. The maximum Gasteiger partial charge on any atom is 0.573 e. The van der Waals surface area contributed by atoms with Gasteiger partial charge in [-0.15, -0.1) is 13.2 Å². The minimum atomic E-state index is -4.73. The monoisotopic (exact) mass is 330 g/mol. The van der Waals surface area contributed by atoms with E-state index < -0.39 is 6.36 Å². The van der Waals surface area contributed by atoms with Crippen molar-refractivity contribution in [3.63, 3.8) is 0 Å². The first-order chi connectivity index (χ1) is 10.8. The fourth-order valence-electron chi connectivity index (χ4n) is 1.72. The molecular formula is C14H17F3N4O2. The molecule has 23 heavy (non-hydrogen) atoms. The molecule has 126 valence electrons. The number of nitrogens with two attached hydrogens (primary N) is 1. The van der Waals surface area contributed by atoms with Crippen LogP contribution in [0.1, 0.15) is 12.8 Å². The molecule has 2 rings (SSSR count). The number of amides is 1. The van der Waals surface area contributed by atoms with Crippen LogP contribution in [0, 0.1) is 5.92 Å². The summed E-state index contributed by atoms with van der Waals surface area (Å²) in [6, 6.07) is 5.00. The Hall–Kier alpha value is -2.45. The van der Waals surface area contributed by atoms with E-state index >= 15 is 0 Å². The number of hydrogen-bond acceptors (Lipinski definition) is 3. The molecule has 1 aliphatic carbocycles. The number of carbonyl (C=O) groups is 1. The van der Waals surface area contributed by atoms with Gasteiger partial charge in [-0.25, -0.2) is 4.99 Å². The number of guanidine groups is 1. The van der Waals surface area contributed by atoms with E-state index in [2.05, 4.69) is 20.4 Å². The molecule has 0 aliphatic heterocycles. The molecule has 0 unspecified atom stereocenters. The molecule has 6 nitrogen and oxygen atoms in total. The standard InChI is InChI=1S/C14H17F3N4O2/c15-14(16,17)23-11-5-3-10(4-6-11)21-13(18)20-8-12(22)19-7-9-1-2-9/h3-6,9H,1-2,7-8H2,(H,19,22)(H3,18,20,21). The maximum absolute atomic E-state index is 12.0. The molecule has 0 bridgehead atoms. The van der Waals surface area contributed by atoms with Gasteiger partial charge in [0.1, 0.15) is 12.3 Å². The molecule has 1 aromatic rings. The zero-order valence-electron chi connectivity index (χ0n) is 12.2. The number of rotatable bonds is 6. The smallest absolute Gasteiger partial charge is 0.406 e. The lowest BCUT2D eigenvalue weighted by Gasteiger charge is -2.10. The van der Waals surface area contributed by atoms with Gasteiger partial charge in [-0.05, 0) is 43.0 Å². The van der Waals surface area contributed by atoms with E-state index in [1.54, 1.807) is 0 Å². The topological polar surface area (TPSA) is 88.7 Å². The van der Waals surface area contributed by atoms with Crippen LogP contribution >= 0.6 is 0 Å². The molecule has 1 saturated carbocycles. The molecule has 1 amide bonds. The molecule has 4 N–H and O–H groups in total. The van der Waals surface area contributed by atoms with E-state index in [0.29, 0.717) is 18.2 Å². The van der Waals surface area contributed by atoms with E-state index in [1.165, 1.54) is 12.1 Å². The van der Waals surface area contributed by atoms with Crippen LogP contribution in [0.2, 0.25) is 0 Å². The second kappa shape index (κ2) is 7.21. The number of anilines is 1. The highest BCUT2D eigenvalue weighted by molar-refractivity contribution is 5.93. The Kier molecular flexibility index (Phi) is 5.30. The van der Waals surface area contributed by atoms with Crippen LogP contribution in [-0.4, -0.2) is 31.3 Å². The lowest BCUT2D eigenvalue weighted by molar-refractivity contribution is -0.274. The van der Waals surface area contributed by atoms with Crippen LogP contribution in [0.25, 0.3) is 0 Å². The average Bonchev–Trinajstić information content (AvgIpc) is 3.28. The number of nitrogens with one attached hydrogen (secondary N) is 2. The zero-order chi connectivity index (χ0) is 16.9. The van der Waals surface area contributed by atoms with E-state index in [4.69, 9.17) is 5.73 Å². The summed E-state index contributed by atoms with van der Waals surface area (Å²) in [5, 5.41) is 5.42. The lowest BCUT2D eigenvalue weighted by Crippen LogP contribution is -2.30. The van der Waals surface area contributed by atoms with Crippen molar-refractivity contribution in [2.45, 2.75) is 19.2 Å². The molecule has 9 heteroatoms. The first-order valence-electron chi connectivity index (χ1n) is 7.01. The zero-order valence-corrected chi connectivity index (χ0v) is 12.2. The normalized spacial score (nSPS) is 15.2. The highest BCUT2D eigenvalue weighted by Gasteiger charge is 2.30. The molecule has 0 heterocycles. The Balaban J connectivity index is 1.78. The maximum atomic E-state index is 12.0. The van der Waals surface area contributed by atoms with Gasteiger partial charge in [0.15, 0.2) is 5.96 Å². The highest BCUT2D eigenvalue weighted by Crippen LogP contribution is 2.27. The summed E-state index contributed by atoms with van der Waals surface area (Å²) in [4.78, 5) is 15.3. The Morgan fingerprint density at radius 2 is 1.96 bits per heavy atom. The lowest BCUT2D eigenvalue weighted by atomic mass is 10.3. The molecular weight excluding hydrogens is 313 g/mol. The van der Waals surface area contributed by atoms with Crippen LogP contribution in [0.4, 0.5) is 18.9 Å². The van der Waals surface area contributed by atoms with Crippen molar-refractivity contribution in [2.24, 2.45) is 16.6 Å². The number of carbonyl (C=O) groups excluding carboxylic acids is 1. The van der Waals surface area contributed by atoms with Crippen molar-refractivity contribution in [3.8, 4) is 5.75 Å². The van der Waals surface area contributed by atoms with Gasteiger partial charge < -0.3 is 21.1 Å². The van der Waals surface area contributed by atoms with Crippen molar-refractivity contribution >= 4 is 17.6 Å². The third-order valence-electron chi connectivity index (χ3n) is 3.04. The molecule has 0 spiro atoms. The second-order valence-electron chi connectivity index (χ2n) is 5.15. The summed E-state index contributed by atoms with van der Waals surface area (Å²) < 4.78 is 39.8. The summed E-state index contributed by atoms with van der Waals surface area (Å²) in [6.45, 7) is 0.545. The van der Waals surface area contributed by atoms with Gasteiger partial charge in [-0.3, -0.25) is 4.79 Å². The Morgan fingerprint density at radius 3 is 2.52 bits per heavy atom. The molecule has 1 aromatic carbocycles. The van der Waals surface area contributed by atoms with E-state index in [9.17, 15) is 18.0 Å². The summed E-state index contributed by atoms with van der Waals surface area (Å²) in [5.41, 5.74) is 6.04. The first kappa shape index (κ1) is 16.9. The number of aliphatic imine (C=N–C) groups is 1. The second-order valence-corrected chi connectivity index (χ2v) is 5.15. The number of halogens is 3. The van der Waals surface area contributed by atoms with Crippen molar-refractivity contribution in [3.05, 3.63) is 24.3 Å². The summed E-state index contributed by atoms with van der Waals surface area (Å²) in [5.74, 6) is 0.0143. The van der Waals surface area contributed by atoms with Crippen molar-refractivity contribution in [1.29, 1.82) is 0 Å². The predicted molar refractivity (Wildman–Crippen MR) is 79.0 cm³/mol. The van der Waals surface area contributed by atoms with Gasteiger partial charge in [-0.1, -0.05) is 0 Å². The number of alkyl halides is 3. The van der Waals surface area contributed by atoms with E-state index in [1.807, 2.05) is 0 Å². The minimum absolute atomic E-state index is 0.00365. The van der Waals surface area contributed by atoms with Gasteiger partial charge in [0.2, 0.25) is 5.91 Å². The third-order valence-corrected chi connectivity index (χ3v) is 3.04. The summed E-state index contributed by atoms with van der Waals surface area (Å²) in [7, 11) is 0. The Labute approximate surface area is 130 Å². The van der Waals surface area contributed by atoms with Crippen LogP contribution in [0.5, 0.6) is 5.75 Å². The largest absolute Gasteiger partial charge is 0.573 e. The summed E-state index contributed by atoms with van der Waals surface area (Å²) in [6.07, 6.45) is -2.45. The molecule has 0 saturated heterocycles. The van der Waals surface area contributed by atoms with Gasteiger partial charge >= 0.3 is 6.36 Å². The molecule has 0 aromatic heterocycles. The average molecular weight is 330 g/mol. The molecule has 1 aliphatic rings. The van der Waals surface area contributed by atoms with Gasteiger partial charge in [0, 0.05) is 12.2 Å². The van der Waals surface area contributed by atoms with E-state index in [-0.39, 0.29) is 24.2 Å². The van der Waals surface area contributed by atoms with Crippen LogP contribution in [-0.2, 0) is 4.79 Å². The van der Waals surface area contributed by atoms with E-state index in [0.717, 1.165) is 25.0 Å². The third kappa shape index (κ3) is 6.90. The quantitative estimate of drug-likeness (QED) is 0.548. The highest BCUT2D eigenvalue weighted by atomic mass is 19.4. The van der Waals surface area contributed by atoms with Gasteiger partial charge in [-0.2, -0.15) is 0 Å². The predicted octanol–water partition coefficient (Wildman–Crippen LogP) is 1.84. The minimum Gasteiger partial charge on any atom is -0.406 e. The SMILES string of the molecule is NC(=NCC(=O)NCC1CC1)Nc1ccc(OC(F)(F)F)cc1. The molecule has 0 atom stereocenters. The van der Waals surface area contributed by atoms with Crippen molar-refractivity contribution < 1.29 is 22.7 Å². The van der Waals surface area contributed by atoms with Gasteiger partial charge in [0.25, 0.3) is 0 Å². The fourth-order valence-corrected chi connectivity index (χ4v) is 1.72. The molecule has 1 fully saturated rings. The number of hydrogen-bond donors (Lipinski definition) is 3. The number of nitrogens with zero attached hydrogens (tertiary/aromatic N) is 1. The molecule has 0 radical (unpaired) electrons. The van der Waals surface area contributed by atoms with Gasteiger partial charge in [0.05, 0.1) is 0 Å². The van der Waals surface area contributed by atoms with Crippen LogP contribution < -0.4 is 21.1 Å². The van der Waals surface area contributed by atoms with Crippen molar-refractivity contribution in [2.75, 3.05) is 18.4 Å². The summed E-state index contributed by atoms with van der Waals surface area (Å²) >= 11 is 0. The Morgan fingerprint density at radius 1 is 1.30 bits per heavy atom. The van der Waals surface area contributed by atoms with Crippen LogP contribution in [0.3, 0.4) is 0 Å².